The highest BCUT2D eigenvalue weighted by molar-refractivity contribution is 5.95. The minimum absolute atomic E-state index is 0.255. The van der Waals surface area contributed by atoms with E-state index >= 15 is 0 Å². The number of hydrogen-bond acceptors (Lipinski definition) is 1. The molecule has 2 nitrogen and oxygen atoms in total. The normalized spacial score (nSPS) is 23.8. The summed E-state index contributed by atoms with van der Waals surface area (Å²) in [5.41, 5.74) is 2.53. The summed E-state index contributed by atoms with van der Waals surface area (Å²) in [5, 5.41) is 0. The molecular weight excluding hydrogens is 258 g/mol. The summed E-state index contributed by atoms with van der Waals surface area (Å²) >= 11 is 0. The lowest BCUT2D eigenvalue weighted by Crippen LogP contribution is -2.25. The van der Waals surface area contributed by atoms with Crippen molar-refractivity contribution in [2.75, 3.05) is 6.54 Å². The Morgan fingerprint density at radius 1 is 1.14 bits per heavy atom. The smallest absolute Gasteiger partial charge is 0.249 e. The molecule has 2 fully saturated rings. The number of likely N-dealkylation sites (tertiary alicyclic amines) is 1. The van der Waals surface area contributed by atoms with Crippen LogP contribution < -0.4 is 0 Å². The van der Waals surface area contributed by atoms with Crippen LogP contribution in [0.25, 0.3) is 0 Å². The van der Waals surface area contributed by atoms with E-state index in [1.165, 1.54) is 37.7 Å². The Balaban J connectivity index is 1.68. The molecule has 0 atom stereocenters. The second-order valence-corrected chi connectivity index (χ2v) is 6.85. The molecule has 0 spiro atoms. The van der Waals surface area contributed by atoms with Crippen molar-refractivity contribution in [3.05, 3.63) is 47.5 Å². The van der Waals surface area contributed by atoms with Gasteiger partial charge in [-0.25, -0.2) is 0 Å². The monoisotopic (exact) mass is 283 g/mol. The Kier molecular flexibility index (Phi) is 4.14. The van der Waals surface area contributed by atoms with E-state index in [-0.39, 0.29) is 11.3 Å². The molecule has 21 heavy (non-hydrogen) atoms. The zero-order chi connectivity index (χ0) is 14.7. The Morgan fingerprint density at radius 3 is 2.57 bits per heavy atom. The number of rotatable bonds is 3. The van der Waals surface area contributed by atoms with Crippen molar-refractivity contribution in [2.45, 2.75) is 52.0 Å². The molecule has 2 aliphatic rings. The summed E-state index contributed by atoms with van der Waals surface area (Å²) in [6.07, 6.45) is 9.67. The summed E-state index contributed by atoms with van der Waals surface area (Å²) in [5.74, 6) is 0.255. The zero-order valence-corrected chi connectivity index (χ0v) is 13.0. The van der Waals surface area contributed by atoms with Crippen LogP contribution in [0.2, 0.25) is 0 Å². The molecule has 1 saturated carbocycles. The minimum Gasteiger partial charge on any atom is -0.334 e. The van der Waals surface area contributed by atoms with Gasteiger partial charge in [0.05, 0.1) is 0 Å². The molecule has 3 rings (SSSR count). The molecule has 0 bridgehead atoms. The molecule has 1 saturated heterocycles. The van der Waals surface area contributed by atoms with Gasteiger partial charge in [-0.05, 0) is 30.2 Å². The van der Waals surface area contributed by atoms with Crippen LogP contribution in [0, 0.1) is 5.41 Å². The highest BCUT2D eigenvalue weighted by atomic mass is 16.2. The lowest BCUT2D eigenvalue weighted by Gasteiger charge is -2.31. The summed E-state index contributed by atoms with van der Waals surface area (Å²) in [7, 11) is 0. The fourth-order valence-corrected chi connectivity index (χ4v) is 3.68. The fourth-order valence-electron chi connectivity index (χ4n) is 3.68. The van der Waals surface area contributed by atoms with Crippen molar-refractivity contribution in [1.29, 1.82) is 0 Å². The zero-order valence-electron chi connectivity index (χ0n) is 13.0. The molecule has 1 amide bonds. The molecule has 0 N–H and O–H groups in total. The predicted molar refractivity (Wildman–Crippen MR) is 85.8 cm³/mol. The summed E-state index contributed by atoms with van der Waals surface area (Å²) in [4.78, 5) is 14.6. The van der Waals surface area contributed by atoms with Crippen LogP contribution in [0.15, 0.2) is 42.0 Å². The van der Waals surface area contributed by atoms with Gasteiger partial charge in [0.1, 0.15) is 0 Å². The van der Waals surface area contributed by atoms with Crippen LogP contribution in [0.1, 0.15) is 51.0 Å². The molecule has 0 aromatic heterocycles. The van der Waals surface area contributed by atoms with Gasteiger partial charge in [0.15, 0.2) is 0 Å². The number of allylic oxidation sites excluding steroid dienone is 1. The van der Waals surface area contributed by atoms with E-state index in [9.17, 15) is 4.79 Å². The van der Waals surface area contributed by atoms with Gasteiger partial charge in [0, 0.05) is 18.7 Å². The average Bonchev–Trinajstić information content (AvgIpc) is 2.82. The Hall–Kier alpha value is -1.57. The van der Waals surface area contributed by atoms with Crippen LogP contribution in [0.4, 0.5) is 0 Å². The van der Waals surface area contributed by atoms with E-state index in [4.69, 9.17) is 0 Å². The van der Waals surface area contributed by atoms with Crippen molar-refractivity contribution < 1.29 is 4.79 Å². The molecular formula is C19H25NO. The number of nitrogens with zero attached hydrogens (tertiary/aromatic N) is 1. The van der Waals surface area contributed by atoms with E-state index < -0.39 is 0 Å². The van der Waals surface area contributed by atoms with Gasteiger partial charge in [0.25, 0.3) is 0 Å². The van der Waals surface area contributed by atoms with Crippen molar-refractivity contribution >= 4 is 5.91 Å². The molecule has 0 unspecified atom stereocenters. The van der Waals surface area contributed by atoms with Gasteiger partial charge in [-0.3, -0.25) is 4.79 Å². The predicted octanol–water partition coefficient (Wildman–Crippen LogP) is 4.32. The van der Waals surface area contributed by atoms with E-state index in [1.807, 2.05) is 23.1 Å². The maximum atomic E-state index is 12.6. The van der Waals surface area contributed by atoms with Crippen molar-refractivity contribution in [1.82, 2.24) is 4.90 Å². The first-order valence-electron chi connectivity index (χ1n) is 8.21. The Morgan fingerprint density at radius 2 is 1.86 bits per heavy atom. The van der Waals surface area contributed by atoms with E-state index in [0.29, 0.717) is 0 Å². The molecule has 1 aliphatic heterocycles. The van der Waals surface area contributed by atoms with E-state index in [1.54, 1.807) is 0 Å². The number of carbonyl (C=O) groups is 1. The first kappa shape index (κ1) is 14.4. The van der Waals surface area contributed by atoms with Crippen LogP contribution >= 0.6 is 0 Å². The SMILES string of the molecule is CC1(/C=C2\CCN(Cc3ccccc3)C2=O)CCCCC1. The van der Waals surface area contributed by atoms with Crippen LogP contribution in [0.5, 0.6) is 0 Å². The molecule has 1 aliphatic carbocycles. The quantitative estimate of drug-likeness (QED) is 0.757. The van der Waals surface area contributed by atoms with Crippen LogP contribution in [-0.4, -0.2) is 17.4 Å². The third-order valence-corrected chi connectivity index (χ3v) is 4.95. The fraction of sp³-hybridized carbons (Fsp3) is 0.526. The van der Waals surface area contributed by atoms with Crippen LogP contribution in [-0.2, 0) is 11.3 Å². The third-order valence-electron chi connectivity index (χ3n) is 4.95. The topological polar surface area (TPSA) is 20.3 Å². The van der Waals surface area contributed by atoms with Gasteiger partial charge in [0.2, 0.25) is 5.91 Å². The highest BCUT2D eigenvalue weighted by Crippen LogP contribution is 2.39. The second-order valence-electron chi connectivity index (χ2n) is 6.85. The average molecular weight is 283 g/mol. The number of carbonyl (C=O) groups excluding carboxylic acids is 1. The molecule has 112 valence electrons. The van der Waals surface area contributed by atoms with Crippen molar-refractivity contribution in [2.24, 2.45) is 5.41 Å². The van der Waals surface area contributed by atoms with E-state index in [2.05, 4.69) is 25.1 Å². The van der Waals surface area contributed by atoms with Gasteiger partial charge in [-0.15, -0.1) is 0 Å². The Labute approximate surface area is 127 Å². The molecule has 2 heteroatoms. The maximum absolute atomic E-state index is 12.6. The lowest BCUT2D eigenvalue weighted by molar-refractivity contribution is -0.125. The van der Waals surface area contributed by atoms with Crippen molar-refractivity contribution in [3.8, 4) is 0 Å². The second kappa shape index (κ2) is 6.05. The first-order chi connectivity index (χ1) is 10.2. The third kappa shape index (κ3) is 3.37. The van der Waals surface area contributed by atoms with Crippen LogP contribution in [0.3, 0.4) is 0 Å². The summed E-state index contributed by atoms with van der Waals surface area (Å²) < 4.78 is 0. The summed E-state index contributed by atoms with van der Waals surface area (Å²) in [6, 6.07) is 10.3. The molecule has 0 radical (unpaired) electrons. The number of benzene rings is 1. The minimum atomic E-state index is 0.255. The highest BCUT2D eigenvalue weighted by Gasteiger charge is 2.31. The maximum Gasteiger partial charge on any atom is 0.249 e. The molecule has 1 heterocycles. The standard InChI is InChI=1S/C19H25NO/c1-19(11-6-3-7-12-19)14-17-10-13-20(18(17)21)15-16-8-4-2-5-9-16/h2,4-5,8-9,14H,3,6-7,10-13,15H2,1H3/b17-14+. The van der Waals surface area contributed by atoms with Gasteiger partial charge >= 0.3 is 0 Å². The molecule has 1 aromatic carbocycles. The largest absolute Gasteiger partial charge is 0.334 e. The first-order valence-corrected chi connectivity index (χ1v) is 8.21. The van der Waals surface area contributed by atoms with Gasteiger partial charge in [-0.2, -0.15) is 0 Å². The van der Waals surface area contributed by atoms with Gasteiger partial charge in [-0.1, -0.05) is 62.6 Å². The van der Waals surface area contributed by atoms with Crippen molar-refractivity contribution in [3.63, 3.8) is 0 Å². The lowest BCUT2D eigenvalue weighted by atomic mass is 9.74. The molecule has 1 aromatic rings. The van der Waals surface area contributed by atoms with Gasteiger partial charge < -0.3 is 4.90 Å². The van der Waals surface area contributed by atoms with E-state index in [0.717, 1.165) is 25.1 Å². The summed E-state index contributed by atoms with van der Waals surface area (Å²) in [6.45, 7) is 3.94. The number of amides is 1. The Bertz CT molecular complexity index is 526. The number of hydrogen-bond donors (Lipinski definition) is 0.